The molecule has 6 heteroatoms. The molecule has 1 atom stereocenters. The van der Waals surface area contributed by atoms with Crippen molar-refractivity contribution in [2.24, 2.45) is 0 Å². The van der Waals surface area contributed by atoms with Crippen molar-refractivity contribution in [2.45, 2.75) is 19.4 Å². The number of nitrogens with one attached hydrogen (secondary N) is 1. The molecule has 1 fully saturated rings. The van der Waals surface area contributed by atoms with Crippen LogP contribution in [-0.4, -0.2) is 33.2 Å². The first-order valence-corrected chi connectivity index (χ1v) is 11.1. The number of carbonyl (C=O) groups is 2. The Bertz CT molecular complexity index is 1420. The van der Waals surface area contributed by atoms with Crippen LogP contribution in [0.5, 0.6) is 0 Å². The van der Waals surface area contributed by atoms with Gasteiger partial charge in [-0.25, -0.2) is 4.39 Å². The van der Waals surface area contributed by atoms with Gasteiger partial charge < -0.3 is 15.0 Å². The lowest BCUT2D eigenvalue weighted by molar-refractivity contribution is -0.139. The maximum Gasteiger partial charge on any atom is 0.295 e. The maximum atomic E-state index is 13.3. The third-order valence-electron chi connectivity index (χ3n) is 6.34. The normalized spacial score (nSPS) is 17.6. The Morgan fingerprint density at radius 3 is 2.44 bits per heavy atom. The highest BCUT2D eigenvalue weighted by molar-refractivity contribution is 6.46. The largest absolute Gasteiger partial charge is 0.507 e. The highest BCUT2D eigenvalue weighted by Gasteiger charge is 2.46. The van der Waals surface area contributed by atoms with Crippen molar-refractivity contribution >= 4 is 28.4 Å². The molecule has 1 aromatic heterocycles. The van der Waals surface area contributed by atoms with Crippen molar-refractivity contribution in [1.82, 2.24) is 9.88 Å². The summed E-state index contributed by atoms with van der Waals surface area (Å²) in [6.07, 6.45) is 2.23. The van der Waals surface area contributed by atoms with E-state index in [0.29, 0.717) is 12.0 Å². The van der Waals surface area contributed by atoms with E-state index in [2.05, 4.69) is 4.98 Å². The highest BCUT2D eigenvalue weighted by Crippen LogP contribution is 2.42. The summed E-state index contributed by atoms with van der Waals surface area (Å²) in [5.41, 5.74) is 4.02. The number of aromatic nitrogens is 1. The summed E-state index contributed by atoms with van der Waals surface area (Å²) in [5.74, 6) is -1.91. The number of hydrogen-bond donors (Lipinski definition) is 2. The van der Waals surface area contributed by atoms with Crippen molar-refractivity contribution < 1.29 is 19.1 Å². The molecule has 1 saturated heterocycles. The van der Waals surface area contributed by atoms with E-state index in [1.165, 1.54) is 17.0 Å². The number of nitrogens with zero attached hydrogens (tertiary/aromatic N) is 1. The number of carbonyl (C=O) groups excluding carboxylic acids is 2. The first-order valence-electron chi connectivity index (χ1n) is 11.1. The lowest BCUT2D eigenvalue weighted by Gasteiger charge is -2.25. The SMILES string of the molecule is Cc1ccc(/C(O)=C2\C(=O)C(=O)N(CCc3ccc(F)cc3)C2c2c[nH]c3ccccc23)cc1. The Hall–Kier alpha value is -4.19. The number of aliphatic hydroxyl groups excluding tert-OH is 1. The number of aromatic amines is 1. The van der Waals surface area contributed by atoms with Gasteiger partial charge in [0.2, 0.25) is 0 Å². The molecule has 0 radical (unpaired) electrons. The first-order chi connectivity index (χ1) is 16.4. The Kier molecular flexibility index (Phi) is 5.49. The zero-order valence-corrected chi connectivity index (χ0v) is 18.6. The molecular formula is C28H23FN2O3. The number of benzene rings is 3. The van der Waals surface area contributed by atoms with Crippen LogP contribution < -0.4 is 0 Å². The molecule has 4 aromatic rings. The van der Waals surface area contributed by atoms with Crippen LogP contribution in [-0.2, 0) is 16.0 Å². The number of Topliss-reactive ketones (excluding diaryl/α,β-unsaturated/α-hetero) is 1. The molecule has 0 saturated carbocycles. The predicted molar refractivity (Wildman–Crippen MR) is 129 cm³/mol. The summed E-state index contributed by atoms with van der Waals surface area (Å²) >= 11 is 0. The first kappa shape index (κ1) is 21.6. The van der Waals surface area contributed by atoms with E-state index in [0.717, 1.165) is 27.6 Å². The zero-order chi connectivity index (χ0) is 23.8. The molecule has 5 nitrogen and oxygen atoms in total. The molecule has 2 N–H and O–H groups in total. The number of halogens is 1. The Morgan fingerprint density at radius 1 is 1.00 bits per heavy atom. The third kappa shape index (κ3) is 3.77. The second kappa shape index (κ2) is 8.63. The van der Waals surface area contributed by atoms with E-state index in [9.17, 15) is 19.1 Å². The van der Waals surface area contributed by atoms with Gasteiger partial charge in [0, 0.05) is 34.8 Å². The summed E-state index contributed by atoms with van der Waals surface area (Å²) in [4.78, 5) is 31.1. The van der Waals surface area contributed by atoms with Crippen LogP contribution in [0.4, 0.5) is 4.39 Å². The smallest absolute Gasteiger partial charge is 0.295 e. The number of aryl methyl sites for hydroxylation is 1. The number of fused-ring (bicyclic) bond motifs is 1. The van der Waals surface area contributed by atoms with E-state index in [-0.39, 0.29) is 23.7 Å². The fourth-order valence-corrected chi connectivity index (χ4v) is 4.52. The lowest BCUT2D eigenvalue weighted by Crippen LogP contribution is -2.31. The number of aliphatic hydroxyl groups is 1. The Balaban J connectivity index is 1.62. The Morgan fingerprint density at radius 2 is 1.71 bits per heavy atom. The highest BCUT2D eigenvalue weighted by atomic mass is 19.1. The van der Waals surface area contributed by atoms with E-state index >= 15 is 0 Å². The van der Waals surface area contributed by atoms with Crippen molar-refractivity contribution in [3.8, 4) is 0 Å². The minimum atomic E-state index is -0.752. The van der Waals surface area contributed by atoms with E-state index in [1.54, 1.807) is 30.5 Å². The van der Waals surface area contributed by atoms with Gasteiger partial charge in [-0.2, -0.15) is 0 Å². The van der Waals surface area contributed by atoms with Crippen LogP contribution >= 0.6 is 0 Å². The molecule has 1 amide bonds. The zero-order valence-electron chi connectivity index (χ0n) is 18.6. The standard InChI is InChI=1S/C28H23FN2O3/c1-17-6-10-19(11-7-17)26(32)24-25(22-16-30-23-5-3-2-4-21(22)23)31(28(34)27(24)33)15-14-18-8-12-20(29)13-9-18/h2-13,16,25,30,32H,14-15H2,1H3/b26-24+. The number of H-pyrrole nitrogens is 1. The molecule has 0 aliphatic carbocycles. The fraction of sp³-hybridized carbons (Fsp3) is 0.143. The molecule has 5 rings (SSSR count). The number of ketones is 1. The van der Waals surface area contributed by atoms with Crippen LogP contribution in [0, 0.1) is 12.7 Å². The van der Waals surface area contributed by atoms with Crippen LogP contribution in [0.25, 0.3) is 16.7 Å². The van der Waals surface area contributed by atoms with Gasteiger partial charge in [-0.1, -0.05) is 60.2 Å². The minimum absolute atomic E-state index is 0.0673. The summed E-state index contributed by atoms with van der Waals surface area (Å²) in [6.45, 7) is 2.18. The van der Waals surface area contributed by atoms with Gasteiger partial charge >= 0.3 is 0 Å². The van der Waals surface area contributed by atoms with Crippen LogP contribution in [0.3, 0.4) is 0 Å². The number of para-hydroxylation sites is 1. The van der Waals surface area contributed by atoms with Gasteiger partial charge in [0.15, 0.2) is 0 Å². The van der Waals surface area contributed by atoms with E-state index in [4.69, 9.17) is 0 Å². The number of likely N-dealkylation sites (tertiary alicyclic amines) is 1. The molecule has 0 spiro atoms. The van der Waals surface area contributed by atoms with Crippen molar-refractivity contribution in [3.05, 3.63) is 113 Å². The minimum Gasteiger partial charge on any atom is -0.507 e. The molecule has 1 unspecified atom stereocenters. The van der Waals surface area contributed by atoms with Crippen molar-refractivity contribution in [1.29, 1.82) is 0 Å². The van der Waals surface area contributed by atoms with Crippen LogP contribution in [0.2, 0.25) is 0 Å². The van der Waals surface area contributed by atoms with Gasteiger partial charge in [-0.15, -0.1) is 0 Å². The van der Waals surface area contributed by atoms with E-state index in [1.807, 2.05) is 43.3 Å². The predicted octanol–water partition coefficient (Wildman–Crippen LogP) is 5.28. The average Bonchev–Trinajstić information content (AvgIpc) is 3.37. The fourth-order valence-electron chi connectivity index (χ4n) is 4.52. The number of amides is 1. The lowest BCUT2D eigenvalue weighted by atomic mass is 9.94. The second-order valence-electron chi connectivity index (χ2n) is 8.52. The van der Waals surface area contributed by atoms with Crippen LogP contribution in [0.1, 0.15) is 28.3 Å². The third-order valence-corrected chi connectivity index (χ3v) is 6.34. The molecule has 1 aliphatic heterocycles. The van der Waals surface area contributed by atoms with Crippen molar-refractivity contribution in [2.75, 3.05) is 6.54 Å². The summed E-state index contributed by atoms with van der Waals surface area (Å²) < 4.78 is 13.3. The molecule has 34 heavy (non-hydrogen) atoms. The molecule has 2 heterocycles. The van der Waals surface area contributed by atoms with Crippen molar-refractivity contribution in [3.63, 3.8) is 0 Å². The van der Waals surface area contributed by atoms with Crippen LogP contribution in [0.15, 0.2) is 84.6 Å². The van der Waals surface area contributed by atoms with Gasteiger partial charge in [-0.3, -0.25) is 9.59 Å². The van der Waals surface area contributed by atoms with E-state index < -0.39 is 17.7 Å². The number of hydrogen-bond acceptors (Lipinski definition) is 3. The van der Waals surface area contributed by atoms with Gasteiger partial charge in [-0.05, 0) is 37.1 Å². The number of rotatable bonds is 5. The summed E-state index contributed by atoms with van der Waals surface area (Å²) in [6, 6.07) is 20.1. The molecule has 0 bridgehead atoms. The quantitative estimate of drug-likeness (QED) is 0.245. The van der Waals surface area contributed by atoms with Gasteiger partial charge in [0.25, 0.3) is 11.7 Å². The average molecular weight is 455 g/mol. The molecule has 170 valence electrons. The monoisotopic (exact) mass is 454 g/mol. The molecule has 3 aromatic carbocycles. The van der Waals surface area contributed by atoms with Gasteiger partial charge in [0.1, 0.15) is 11.6 Å². The molecule has 1 aliphatic rings. The summed E-state index contributed by atoms with van der Waals surface area (Å²) in [5, 5.41) is 12.1. The molecular weight excluding hydrogens is 431 g/mol. The maximum absolute atomic E-state index is 13.3. The second-order valence-corrected chi connectivity index (χ2v) is 8.52. The van der Waals surface area contributed by atoms with Gasteiger partial charge in [0.05, 0.1) is 11.6 Å². The topological polar surface area (TPSA) is 73.4 Å². The Labute approximate surface area is 196 Å². The summed E-state index contributed by atoms with van der Waals surface area (Å²) in [7, 11) is 0.